The summed E-state index contributed by atoms with van der Waals surface area (Å²) in [4.78, 5) is 8.40. The molecule has 0 aliphatic rings. The van der Waals surface area contributed by atoms with Gasteiger partial charge in [-0.1, -0.05) is 11.3 Å². The van der Waals surface area contributed by atoms with Crippen LogP contribution < -0.4 is 14.2 Å². The normalized spacial score (nSPS) is 12.4. The fourth-order valence-corrected chi connectivity index (χ4v) is 4.50. The van der Waals surface area contributed by atoms with E-state index in [0.717, 1.165) is 3.57 Å². The maximum absolute atomic E-state index is 13.3. The van der Waals surface area contributed by atoms with E-state index in [1.807, 2.05) is 0 Å². The lowest BCUT2D eigenvalue weighted by Crippen LogP contribution is -2.29. The number of hydrogen-bond acceptors (Lipinski definition) is 10. The molecule has 0 aliphatic heterocycles. The van der Waals surface area contributed by atoms with E-state index in [1.165, 1.54) is 23.5 Å². The van der Waals surface area contributed by atoms with Gasteiger partial charge in [0.25, 0.3) is 0 Å². The molecule has 4 aromatic rings. The van der Waals surface area contributed by atoms with E-state index in [4.69, 9.17) is 9.47 Å². The Hall–Kier alpha value is -3.34. The van der Waals surface area contributed by atoms with E-state index in [9.17, 15) is 8.42 Å². The van der Waals surface area contributed by atoms with Crippen LogP contribution in [0.4, 0.5) is 5.95 Å². The minimum Gasteiger partial charge on any atom is -0.494 e. The zero-order valence-electron chi connectivity index (χ0n) is 19.2. The van der Waals surface area contributed by atoms with Crippen molar-refractivity contribution in [3.63, 3.8) is 0 Å². The number of sulfonamides is 1. The van der Waals surface area contributed by atoms with Gasteiger partial charge in [-0.25, -0.2) is 18.4 Å². The molecule has 0 radical (unpaired) electrons. The van der Waals surface area contributed by atoms with Crippen LogP contribution in [0.2, 0.25) is 0 Å². The van der Waals surface area contributed by atoms with Crippen LogP contribution in [-0.4, -0.2) is 67.6 Å². The fraction of sp³-hybridized carbons (Fsp3) is 0.300. The van der Waals surface area contributed by atoms with Gasteiger partial charge in [-0.2, -0.15) is 0 Å². The van der Waals surface area contributed by atoms with Crippen LogP contribution in [0, 0.1) is 3.57 Å². The molecule has 0 aliphatic carbocycles. The van der Waals surface area contributed by atoms with Gasteiger partial charge in [0, 0.05) is 29.4 Å². The third kappa shape index (κ3) is 5.19. The SMILES string of the molecule is COc1cccc(OC)c1-n1c(NS(=O)(=O)[C@@H](C)Cc2ncc(I)cn2)nnc1-c1cn(C)nn1. The molecule has 3 heterocycles. The van der Waals surface area contributed by atoms with Crippen molar-refractivity contribution in [1.29, 1.82) is 0 Å². The molecule has 4 rings (SSSR count). The predicted molar refractivity (Wildman–Crippen MR) is 135 cm³/mol. The Morgan fingerprint density at radius 1 is 1.09 bits per heavy atom. The fourth-order valence-electron chi connectivity index (χ4n) is 3.27. The molecular formula is C20H22IN9O4S. The van der Waals surface area contributed by atoms with Crippen LogP contribution in [-0.2, 0) is 23.5 Å². The summed E-state index contributed by atoms with van der Waals surface area (Å²) < 4.78 is 44.0. The van der Waals surface area contributed by atoms with Crippen molar-refractivity contribution in [2.45, 2.75) is 18.6 Å². The molecule has 13 nitrogen and oxygen atoms in total. The molecule has 0 saturated carbocycles. The van der Waals surface area contributed by atoms with Gasteiger partial charge >= 0.3 is 0 Å². The number of nitrogens with one attached hydrogen (secondary N) is 1. The van der Waals surface area contributed by atoms with Crippen molar-refractivity contribution in [1.82, 2.24) is 39.7 Å². The maximum atomic E-state index is 13.3. The van der Waals surface area contributed by atoms with Gasteiger partial charge in [0.2, 0.25) is 16.0 Å². The van der Waals surface area contributed by atoms with Crippen LogP contribution >= 0.6 is 22.6 Å². The number of benzene rings is 1. The zero-order valence-corrected chi connectivity index (χ0v) is 22.2. The Kier molecular flexibility index (Phi) is 7.15. The number of anilines is 1. The van der Waals surface area contributed by atoms with Gasteiger partial charge in [-0.3, -0.25) is 14.0 Å². The van der Waals surface area contributed by atoms with Gasteiger partial charge in [0.1, 0.15) is 23.0 Å². The van der Waals surface area contributed by atoms with Crippen molar-refractivity contribution in [3.05, 3.63) is 46.2 Å². The van der Waals surface area contributed by atoms with Crippen LogP contribution in [0.5, 0.6) is 11.5 Å². The number of hydrogen-bond donors (Lipinski definition) is 1. The highest BCUT2D eigenvalue weighted by atomic mass is 127. The molecule has 184 valence electrons. The highest BCUT2D eigenvalue weighted by Crippen LogP contribution is 2.37. The predicted octanol–water partition coefficient (Wildman–Crippen LogP) is 1.85. The first-order chi connectivity index (χ1) is 16.7. The van der Waals surface area contributed by atoms with Gasteiger partial charge in [-0.15, -0.1) is 15.3 Å². The smallest absolute Gasteiger partial charge is 0.243 e. The lowest BCUT2D eigenvalue weighted by Gasteiger charge is -2.18. The lowest BCUT2D eigenvalue weighted by atomic mass is 10.2. The summed E-state index contributed by atoms with van der Waals surface area (Å²) in [6.07, 6.45) is 5.01. The summed E-state index contributed by atoms with van der Waals surface area (Å²) in [7, 11) is 0.769. The topological polar surface area (TPSA) is 152 Å². The first-order valence-corrected chi connectivity index (χ1v) is 12.9. The Balaban J connectivity index is 1.79. The quantitative estimate of drug-likeness (QED) is 0.278. The third-order valence-electron chi connectivity index (χ3n) is 5.03. The van der Waals surface area contributed by atoms with Crippen molar-refractivity contribution in [2.75, 3.05) is 18.9 Å². The molecule has 0 fully saturated rings. The molecule has 0 saturated heterocycles. The van der Waals surface area contributed by atoms with Crippen LogP contribution in [0.1, 0.15) is 12.7 Å². The zero-order chi connectivity index (χ0) is 25.2. The minimum atomic E-state index is -3.93. The second-order valence-corrected chi connectivity index (χ2v) is 10.8. The van der Waals surface area contributed by atoms with E-state index in [1.54, 1.807) is 50.8 Å². The van der Waals surface area contributed by atoms with Crippen LogP contribution in [0.15, 0.2) is 36.8 Å². The van der Waals surface area contributed by atoms with Gasteiger partial charge in [0.05, 0.1) is 25.7 Å². The molecular weight excluding hydrogens is 589 g/mol. The molecule has 0 spiro atoms. The highest BCUT2D eigenvalue weighted by Gasteiger charge is 2.29. The van der Waals surface area contributed by atoms with E-state index >= 15 is 0 Å². The van der Waals surface area contributed by atoms with E-state index < -0.39 is 15.3 Å². The second kappa shape index (κ2) is 10.1. The Bertz CT molecular complexity index is 1420. The largest absolute Gasteiger partial charge is 0.494 e. The van der Waals surface area contributed by atoms with Crippen LogP contribution in [0.25, 0.3) is 17.2 Å². The number of rotatable bonds is 9. The number of ether oxygens (including phenoxy) is 2. The molecule has 0 bridgehead atoms. The summed E-state index contributed by atoms with van der Waals surface area (Å²) in [5, 5.41) is 15.5. The molecule has 1 atom stereocenters. The molecule has 3 aromatic heterocycles. The average molecular weight is 611 g/mol. The standard InChI is InChI=1S/C20H22IN9O4S/c1-12(8-17-22-9-13(21)10-23-17)35(31,32)27-20-26-25-19(14-11-29(2)28-24-14)30(20)18-15(33-3)6-5-7-16(18)34-4/h5-7,9-12H,8H2,1-4H3,(H,26,27)/t12-/m0/s1. The molecule has 0 unspecified atom stereocenters. The third-order valence-corrected chi connectivity index (χ3v) is 7.28. The molecule has 1 aromatic carbocycles. The second-order valence-electron chi connectivity index (χ2n) is 7.45. The minimum absolute atomic E-state index is 0.0659. The van der Waals surface area contributed by atoms with Gasteiger partial charge < -0.3 is 9.47 Å². The Labute approximate surface area is 215 Å². The maximum Gasteiger partial charge on any atom is 0.243 e. The number of methoxy groups -OCH3 is 2. The van der Waals surface area contributed by atoms with Gasteiger partial charge in [-0.05, 0) is 41.6 Å². The van der Waals surface area contributed by atoms with Crippen molar-refractivity contribution in [2.24, 2.45) is 7.05 Å². The van der Waals surface area contributed by atoms with Crippen LogP contribution in [0.3, 0.4) is 0 Å². The molecule has 0 amide bonds. The lowest BCUT2D eigenvalue weighted by molar-refractivity contribution is 0.391. The van der Waals surface area contributed by atoms with Crippen molar-refractivity contribution >= 4 is 38.6 Å². The first kappa shape index (κ1) is 24.8. The average Bonchev–Trinajstić information content (AvgIpc) is 3.45. The number of halogens is 1. The van der Waals surface area contributed by atoms with Crippen molar-refractivity contribution < 1.29 is 17.9 Å². The summed E-state index contributed by atoms with van der Waals surface area (Å²) in [6, 6.07) is 5.18. The summed E-state index contributed by atoms with van der Waals surface area (Å²) in [6.45, 7) is 1.57. The van der Waals surface area contributed by atoms with Crippen molar-refractivity contribution in [3.8, 4) is 28.7 Å². The molecule has 1 N–H and O–H groups in total. The Morgan fingerprint density at radius 3 is 2.31 bits per heavy atom. The summed E-state index contributed by atoms with van der Waals surface area (Å²) in [5.74, 6) is 1.41. The first-order valence-electron chi connectivity index (χ1n) is 10.2. The number of aromatic nitrogens is 8. The molecule has 35 heavy (non-hydrogen) atoms. The Morgan fingerprint density at radius 2 is 1.74 bits per heavy atom. The number of nitrogens with zero attached hydrogens (tertiary/aromatic N) is 8. The highest BCUT2D eigenvalue weighted by molar-refractivity contribution is 14.1. The van der Waals surface area contributed by atoms with E-state index in [-0.39, 0.29) is 18.2 Å². The van der Waals surface area contributed by atoms with Gasteiger partial charge in [0.15, 0.2) is 11.5 Å². The monoisotopic (exact) mass is 611 g/mol. The van der Waals surface area contributed by atoms with E-state index in [2.05, 4.69) is 57.8 Å². The number of aryl methyl sites for hydroxylation is 1. The summed E-state index contributed by atoms with van der Waals surface area (Å²) in [5.41, 5.74) is 0.771. The number of para-hydroxylation sites is 1. The summed E-state index contributed by atoms with van der Waals surface area (Å²) >= 11 is 2.09. The molecule has 15 heteroatoms. The van der Waals surface area contributed by atoms with E-state index in [0.29, 0.717) is 28.7 Å².